The van der Waals surface area contributed by atoms with Crippen LogP contribution >= 0.6 is 0 Å². The van der Waals surface area contributed by atoms with Gasteiger partial charge >= 0.3 is 0 Å². The number of hydrogen-bond donors (Lipinski definition) is 1. The first-order chi connectivity index (χ1) is 13.7. The molecule has 0 amide bonds. The predicted octanol–water partition coefficient (Wildman–Crippen LogP) is 4.81. The number of rotatable bonds is 9. The third-order valence-corrected chi connectivity index (χ3v) is 4.51. The van der Waals surface area contributed by atoms with E-state index in [1.807, 2.05) is 61.5 Å². The molecule has 0 spiro atoms. The monoisotopic (exact) mass is 375 g/mol. The molecule has 0 saturated heterocycles. The molecular formula is C24H25NO3. The van der Waals surface area contributed by atoms with Crippen LogP contribution in [-0.4, -0.2) is 19.4 Å². The summed E-state index contributed by atoms with van der Waals surface area (Å²) in [5.41, 5.74) is 2.68. The van der Waals surface area contributed by atoms with Gasteiger partial charge in [0.2, 0.25) is 0 Å². The Labute approximate surface area is 166 Å². The molecule has 4 heteroatoms. The van der Waals surface area contributed by atoms with Gasteiger partial charge in [-0.1, -0.05) is 49.4 Å². The first-order valence-corrected chi connectivity index (χ1v) is 9.39. The van der Waals surface area contributed by atoms with Gasteiger partial charge in [0, 0.05) is 5.56 Å². The molecule has 28 heavy (non-hydrogen) atoms. The molecule has 0 aliphatic rings. The van der Waals surface area contributed by atoms with Gasteiger partial charge in [-0.3, -0.25) is 4.79 Å². The Bertz CT molecular complexity index is 874. The molecular weight excluding hydrogens is 350 g/mol. The van der Waals surface area contributed by atoms with Crippen molar-refractivity contribution in [1.29, 1.82) is 0 Å². The van der Waals surface area contributed by atoms with Crippen molar-refractivity contribution in [2.75, 3.05) is 13.7 Å². The van der Waals surface area contributed by atoms with Gasteiger partial charge in [-0.15, -0.1) is 0 Å². The van der Waals surface area contributed by atoms with Crippen LogP contribution in [0.2, 0.25) is 0 Å². The van der Waals surface area contributed by atoms with E-state index in [1.165, 1.54) is 0 Å². The third kappa shape index (κ3) is 4.99. The minimum absolute atomic E-state index is 0.0301. The molecule has 0 fully saturated rings. The minimum Gasteiger partial charge on any atom is -0.497 e. The second-order valence-corrected chi connectivity index (χ2v) is 6.43. The van der Waals surface area contributed by atoms with E-state index in [0.29, 0.717) is 18.7 Å². The topological polar surface area (TPSA) is 47.6 Å². The van der Waals surface area contributed by atoms with Crippen LogP contribution in [0.1, 0.15) is 34.5 Å². The molecule has 0 aliphatic heterocycles. The second kappa shape index (κ2) is 9.72. The zero-order chi connectivity index (χ0) is 19.8. The van der Waals surface area contributed by atoms with Gasteiger partial charge < -0.3 is 14.8 Å². The lowest BCUT2D eigenvalue weighted by atomic mass is 9.97. The largest absolute Gasteiger partial charge is 0.497 e. The van der Waals surface area contributed by atoms with Crippen molar-refractivity contribution in [1.82, 2.24) is 5.32 Å². The molecule has 1 N–H and O–H groups in total. The lowest BCUT2D eigenvalue weighted by Gasteiger charge is -2.18. The van der Waals surface area contributed by atoms with Crippen LogP contribution in [0.5, 0.6) is 11.5 Å². The van der Waals surface area contributed by atoms with Crippen molar-refractivity contribution < 1.29 is 14.3 Å². The highest BCUT2D eigenvalue weighted by Crippen LogP contribution is 2.23. The molecule has 3 aromatic rings. The zero-order valence-corrected chi connectivity index (χ0v) is 16.2. The Morgan fingerprint density at radius 1 is 0.893 bits per heavy atom. The number of methoxy groups -OCH3 is 1. The molecule has 0 aromatic heterocycles. The molecule has 0 aliphatic carbocycles. The van der Waals surface area contributed by atoms with Crippen LogP contribution < -0.4 is 14.8 Å². The molecule has 3 aromatic carbocycles. The summed E-state index contributed by atoms with van der Waals surface area (Å²) >= 11 is 0. The Kier molecular flexibility index (Phi) is 6.82. The summed E-state index contributed by atoms with van der Waals surface area (Å²) in [6.45, 7) is 3.20. The molecule has 4 nitrogen and oxygen atoms in total. The summed E-state index contributed by atoms with van der Waals surface area (Å²) in [6.07, 6.45) is 0. The highest BCUT2D eigenvalue weighted by molar-refractivity contribution is 6.00. The maximum absolute atomic E-state index is 13.0. The molecule has 0 bridgehead atoms. The van der Waals surface area contributed by atoms with E-state index in [4.69, 9.17) is 9.47 Å². The predicted molar refractivity (Wildman–Crippen MR) is 111 cm³/mol. The summed E-state index contributed by atoms with van der Waals surface area (Å²) in [7, 11) is 1.61. The Morgan fingerprint density at radius 3 is 2.14 bits per heavy atom. The summed E-state index contributed by atoms with van der Waals surface area (Å²) < 4.78 is 11.0. The van der Waals surface area contributed by atoms with E-state index in [2.05, 4.69) is 5.32 Å². The molecule has 0 radical (unpaired) electrons. The third-order valence-electron chi connectivity index (χ3n) is 4.51. The van der Waals surface area contributed by atoms with Crippen LogP contribution in [0, 0.1) is 0 Å². The quantitative estimate of drug-likeness (QED) is 0.545. The zero-order valence-electron chi connectivity index (χ0n) is 16.2. The number of ketones is 1. The number of carbonyl (C=O) groups excluding carboxylic acids is 1. The number of nitrogens with one attached hydrogen (secondary N) is 1. The van der Waals surface area contributed by atoms with Crippen molar-refractivity contribution in [3.63, 3.8) is 0 Å². The molecule has 144 valence electrons. The van der Waals surface area contributed by atoms with Gasteiger partial charge in [0.1, 0.15) is 18.1 Å². The summed E-state index contributed by atoms with van der Waals surface area (Å²) in [6, 6.07) is 24.5. The lowest BCUT2D eigenvalue weighted by molar-refractivity contribution is 0.0944. The fraction of sp³-hybridized carbons (Fsp3) is 0.208. The maximum atomic E-state index is 13.0. The smallest absolute Gasteiger partial charge is 0.184 e. The fourth-order valence-corrected chi connectivity index (χ4v) is 2.99. The van der Waals surface area contributed by atoms with Crippen molar-refractivity contribution in [2.24, 2.45) is 0 Å². The summed E-state index contributed by atoms with van der Waals surface area (Å²) in [4.78, 5) is 13.0. The van der Waals surface area contributed by atoms with E-state index < -0.39 is 6.04 Å². The lowest BCUT2D eigenvalue weighted by Crippen LogP contribution is -2.28. The van der Waals surface area contributed by atoms with Crippen molar-refractivity contribution in [2.45, 2.75) is 19.6 Å². The van der Waals surface area contributed by atoms with Gasteiger partial charge in [0.05, 0.1) is 13.2 Å². The minimum atomic E-state index is -0.401. The van der Waals surface area contributed by atoms with Crippen LogP contribution in [-0.2, 0) is 6.61 Å². The summed E-state index contributed by atoms with van der Waals surface area (Å²) in [5, 5.41) is 3.28. The number of ether oxygens (including phenoxy) is 2. The molecule has 3 rings (SSSR count). The Balaban J connectivity index is 1.71. The van der Waals surface area contributed by atoms with Gasteiger partial charge in [-0.05, 0) is 54.1 Å². The van der Waals surface area contributed by atoms with E-state index in [1.54, 1.807) is 31.4 Å². The fourth-order valence-electron chi connectivity index (χ4n) is 2.99. The molecule has 1 atom stereocenters. The first-order valence-electron chi connectivity index (χ1n) is 9.39. The van der Waals surface area contributed by atoms with Crippen LogP contribution in [0.25, 0.3) is 0 Å². The number of likely N-dealkylation sites (N-methyl/N-ethyl adjacent to an activating group) is 1. The van der Waals surface area contributed by atoms with Crippen molar-refractivity contribution in [3.05, 3.63) is 95.6 Å². The van der Waals surface area contributed by atoms with E-state index >= 15 is 0 Å². The van der Waals surface area contributed by atoms with E-state index in [-0.39, 0.29) is 5.78 Å². The van der Waals surface area contributed by atoms with Crippen LogP contribution in [0.15, 0.2) is 78.9 Å². The van der Waals surface area contributed by atoms with Gasteiger partial charge in [-0.25, -0.2) is 0 Å². The number of carbonyl (C=O) groups is 1. The standard InChI is InChI=1S/C24H25NO3/c1-3-25-23(24(26)20-11-13-21(27-2)14-12-20)19-9-15-22(16-10-19)28-17-18-7-5-4-6-8-18/h4-16,23,25H,3,17H2,1-2H3. The summed E-state index contributed by atoms with van der Waals surface area (Å²) in [5.74, 6) is 1.54. The number of Topliss-reactive ketones (excluding diaryl/α,β-unsaturated/α-hetero) is 1. The maximum Gasteiger partial charge on any atom is 0.184 e. The van der Waals surface area contributed by atoms with Crippen LogP contribution in [0.4, 0.5) is 0 Å². The first kappa shape index (κ1) is 19.6. The molecule has 0 saturated carbocycles. The van der Waals surface area contributed by atoms with Crippen LogP contribution in [0.3, 0.4) is 0 Å². The SMILES string of the molecule is CCNC(C(=O)c1ccc(OC)cc1)c1ccc(OCc2ccccc2)cc1. The van der Waals surface area contributed by atoms with Gasteiger partial charge in [-0.2, -0.15) is 0 Å². The van der Waals surface area contributed by atoms with Gasteiger partial charge in [0.15, 0.2) is 5.78 Å². The normalized spacial score (nSPS) is 11.6. The molecule has 1 unspecified atom stereocenters. The van der Waals surface area contributed by atoms with Gasteiger partial charge in [0.25, 0.3) is 0 Å². The number of hydrogen-bond acceptors (Lipinski definition) is 4. The average molecular weight is 375 g/mol. The van der Waals surface area contributed by atoms with Crippen molar-refractivity contribution in [3.8, 4) is 11.5 Å². The Morgan fingerprint density at radius 2 is 1.54 bits per heavy atom. The molecule has 0 heterocycles. The number of benzene rings is 3. The van der Waals surface area contributed by atoms with Crippen molar-refractivity contribution >= 4 is 5.78 Å². The van der Waals surface area contributed by atoms with E-state index in [9.17, 15) is 4.79 Å². The highest BCUT2D eigenvalue weighted by Gasteiger charge is 2.21. The second-order valence-electron chi connectivity index (χ2n) is 6.43. The average Bonchev–Trinajstić information content (AvgIpc) is 2.77. The Hall–Kier alpha value is -3.11. The highest BCUT2D eigenvalue weighted by atomic mass is 16.5. The van der Waals surface area contributed by atoms with E-state index in [0.717, 1.165) is 22.6 Å².